The van der Waals surface area contributed by atoms with Crippen molar-refractivity contribution in [2.45, 2.75) is 32.2 Å². The highest BCUT2D eigenvalue weighted by atomic mass is 16.5. The molecule has 2 rings (SSSR count). The van der Waals surface area contributed by atoms with Crippen LogP contribution in [0.5, 0.6) is 0 Å². The first kappa shape index (κ1) is 15.6. The van der Waals surface area contributed by atoms with E-state index in [1.165, 1.54) is 20.1 Å². The molecule has 1 amide bonds. The Morgan fingerprint density at radius 2 is 2.05 bits per heavy atom. The van der Waals surface area contributed by atoms with Gasteiger partial charge >= 0.3 is 6.09 Å². The number of anilines is 2. The van der Waals surface area contributed by atoms with Gasteiger partial charge in [-0.1, -0.05) is 13.0 Å². The number of carbonyl (C=O) groups is 1. The molecule has 1 heterocycles. The second kappa shape index (κ2) is 7.88. The third-order valence-corrected chi connectivity index (χ3v) is 3.79. The van der Waals surface area contributed by atoms with Crippen LogP contribution in [0.4, 0.5) is 16.2 Å². The van der Waals surface area contributed by atoms with E-state index < -0.39 is 6.09 Å². The lowest BCUT2D eigenvalue weighted by Crippen LogP contribution is -2.39. The maximum absolute atomic E-state index is 11.2. The van der Waals surface area contributed by atoms with Crippen LogP contribution in [0.1, 0.15) is 26.2 Å². The first-order chi connectivity index (χ1) is 10.2. The molecule has 0 saturated carbocycles. The molecule has 5 nitrogen and oxygen atoms in total. The average Bonchev–Trinajstić information content (AvgIpc) is 2.50. The van der Waals surface area contributed by atoms with Crippen LogP contribution in [0.25, 0.3) is 0 Å². The second-order valence-corrected chi connectivity index (χ2v) is 5.46. The number of hydrogen-bond donors (Lipinski definition) is 2. The molecule has 0 aromatic heterocycles. The Bertz CT molecular complexity index is 457. The molecule has 1 saturated heterocycles. The fraction of sp³-hybridized carbons (Fsp3) is 0.562. The van der Waals surface area contributed by atoms with Crippen molar-refractivity contribution in [2.24, 2.45) is 0 Å². The van der Waals surface area contributed by atoms with E-state index in [2.05, 4.69) is 27.2 Å². The number of benzene rings is 1. The second-order valence-electron chi connectivity index (χ2n) is 5.46. The zero-order valence-corrected chi connectivity index (χ0v) is 12.9. The number of rotatable bonds is 5. The van der Waals surface area contributed by atoms with Crippen LogP contribution in [0.2, 0.25) is 0 Å². The quantitative estimate of drug-likeness (QED) is 0.875. The molecule has 1 aromatic rings. The number of amides is 1. The highest BCUT2D eigenvalue weighted by Crippen LogP contribution is 2.20. The molecule has 1 aliphatic rings. The minimum Gasteiger partial charge on any atom is -0.453 e. The molecule has 0 unspecified atom stereocenters. The topological polar surface area (TPSA) is 53.6 Å². The van der Waals surface area contributed by atoms with Crippen LogP contribution in [0.15, 0.2) is 24.3 Å². The molecular weight excluding hydrogens is 266 g/mol. The van der Waals surface area contributed by atoms with Gasteiger partial charge in [-0.15, -0.1) is 0 Å². The van der Waals surface area contributed by atoms with E-state index in [-0.39, 0.29) is 0 Å². The zero-order valence-electron chi connectivity index (χ0n) is 12.9. The fourth-order valence-electron chi connectivity index (χ4n) is 2.71. The molecule has 116 valence electrons. The molecule has 0 radical (unpaired) electrons. The zero-order chi connectivity index (χ0) is 15.1. The Hall–Kier alpha value is -1.75. The van der Waals surface area contributed by atoms with Gasteiger partial charge in [0.25, 0.3) is 0 Å². The number of carbonyl (C=O) groups excluding carboxylic acids is 1. The SMILES string of the molecule is CCCN1CCC(Nc2cccc(NC(=O)OC)c2)CC1. The first-order valence-electron chi connectivity index (χ1n) is 7.65. The molecule has 1 aromatic carbocycles. The highest BCUT2D eigenvalue weighted by molar-refractivity contribution is 5.85. The van der Waals surface area contributed by atoms with Crippen LogP contribution in [-0.2, 0) is 4.74 Å². The van der Waals surface area contributed by atoms with Crippen molar-refractivity contribution in [1.82, 2.24) is 4.90 Å². The predicted molar refractivity (Wildman–Crippen MR) is 85.8 cm³/mol. The Kier molecular flexibility index (Phi) is 5.87. The van der Waals surface area contributed by atoms with Gasteiger partial charge in [0.1, 0.15) is 0 Å². The molecule has 21 heavy (non-hydrogen) atoms. The number of nitrogens with zero attached hydrogens (tertiary/aromatic N) is 1. The normalized spacial score (nSPS) is 16.5. The predicted octanol–water partition coefficient (Wildman–Crippen LogP) is 3.15. The summed E-state index contributed by atoms with van der Waals surface area (Å²) in [6.45, 7) is 5.74. The van der Waals surface area contributed by atoms with Crippen molar-refractivity contribution in [3.05, 3.63) is 24.3 Å². The Labute approximate surface area is 126 Å². The number of ether oxygens (including phenoxy) is 1. The molecule has 0 bridgehead atoms. The highest BCUT2D eigenvalue weighted by Gasteiger charge is 2.18. The maximum Gasteiger partial charge on any atom is 0.411 e. The summed E-state index contributed by atoms with van der Waals surface area (Å²) in [6, 6.07) is 8.26. The summed E-state index contributed by atoms with van der Waals surface area (Å²) in [5.74, 6) is 0. The van der Waals surface area contributed by atoms with Gasteiger partial charge in [-0.05, 0) is 44.0 Å². The minimum atomic E-state index is -0.444. The van der Waals surface area contributed by atoms with Gasteiger partial charge < -0.3 is 15.0 Å². The molecule has 0 aliphatic carbocycles. The lowest BCUT2D eigenvalue weighted by molar-refractivity contribution is 0.187. The van der Waals surface area contributed by atoms with Crippen LogP contribution in [-0.4, -0.2) is 43.8 Å². The molecule has 0 spiro atoms. The van der Waals surface area contributed by atoms with E-state index in [0.717, 1.165) is 37.3 Å². The Balaban J connectivity index is 1.86. The Morgan fingerprint density at radius 1 is 1.33 bits per heavy atom. The third kappa shape index (κ3) is 4.93. The van der Waals surface area contributed by atoms with E-state index in [9.17, 15) is 4.79 Å². The van der Waals surface area contributed by atoms with Gasteiger partial charge in [0.15, 0.2) is 0 Å². The van der Waals surface area contributed by atoms with Crippen LogP contribution < -0.4 is 10.6 Å². The molecule has 2 N–H and O–H groups in total. The third-order valence-electron chi connectivity index (χ3n) is 3.79. The van der Waals surface area contributed by atoms with E-state index in [4.69, 9.17) is 0 Å². The van der Waals surface area contributed by atoms with Crippen molar-refractivity contribution < 1.29 is 9.53 Å². The smallest absolute Gasteiger partial charge is 0.411 e. The number of methoxy groups -OCH3 is 1. The van der Waals surface area contributed by atoms with E-state index >= 15 is 0 Å². The van der Waals surface area contributed by atoms with E-state index in [1.54, 1.807) is 0 Å². The van der Waals surface area contributed by atoms with E-state index in [1.807, 2.05) is 24.3 Å². The van der Waals surface area contributed by atoms with Crippen molar-refractivity contribution >= 4 is 17.5 Å². The lowest BCUT2D eigenvalue weighted by atomic mass is 10.0. The fourth-order valence-corrected chi connectivity index (χ4v) is 2.71. The van der Waals surface area contributed by atoms with Crippen LogP contribution in [0, 0.1) is 0 Å². The van der Waals surface area contributed by atoms with Crippen LogP contribution in [0.3, 0.4) is 0 Å². The Morgan fingerprint density at radius 3 is 2.71 bits per heavy atom. The number of hydrogen-bond acceptors (Lipinski definition) is 4. The average molecular weight is 291 g/mol. The van der Waals surface area contributed by atoms with Crippen LogP contribution >= 0.6 is 0 Å². The number of nitrogens with one attached hydrogen (secondary N) is 2. The van der Waals surface area contributed by atoms with E-state index in [0.29, 0.717) is 6.04 Å². The molecule has 5 heteroatoms. The van der Waals surface area contributed by atoms with Gasteiger partial charge in [-0.3, -0.25) is 5.32 Å². The van der Waals surface area contributed by atoms with Crippen molar-refractivity contribution in [3.8, 4) is 0 Å². The maximum atomic E-state index is 11.2. The summed E-state index contributed by atoms with van der Waals surface area (Å²) >= 11 is 0. The van der Waals surface area contributed by atoms with Gasteiger partial charge in [-0.25, -0.2) is 4.79 Å². The number of piperidine rings is 1. The van der Waals surface area contributed by atoms with Gasteiger partial charge in [0, 0.05) is 30.5 Å². The molecule has 1 aliphatic heterocycles. The first-order valence-corrected chi connectivity index (χ1v) is 7.65. The summed E-state index contributed by atoms with van der Waals surface area (Å²) < 4.78 is 4.60. The van der Waals surface area contributed by atoms with Gasteiger partial charge in [0.2, 0.25) is 0 Å². The summed E-state index contributed by atoms with van der Waals surface area (Å²) in [6.07, 6.45) is 3.10. The minimum absolute atomic E-state index is 0.444. The summed E-state index contributed by atoms with van der Waals surface area (Å²) in [5, 5.41) is 6.24. The number of likely N-dealkylation sites (tertiary alicyclic amines) is 1. The lowest BCUT2D eigenvalue weighted by Gasteiger charge is -2.32. The molecule has 1 fully saturated rings. The summed E-state index contributed by atoms with van der Waals surface area (Å²) in [7, 11) is 1.36. The van der Waals surface area contributed by atoms with Gasteiger partial charge in [-0.2, -0.15) is 0 Å². The van der Waals surface area contributed by atoms with Crippen molar-refractivity contribution in [3.63, 3.8) is 0 Å². The molecular formula is C16H25N3O2. The molecule has 0 atom stereocenters. The largest absolute Gasteiger partial charge is 0.453 e. The van der Waals surface area contributed by atoms with Crippen molar-refractivity contribution in [2.75, 3.05) is 37.4 Å². The summed E-state index contributed by atoms with van der Waals surface area (Å²) in [4.78, 5) is 13.7. The standard InChI is InChI=1S/C16H25N3O2/c1-3-9-19-10-7-13(8-11-19)17-14-5-4-6-15(12-14)18-16(20)21-2/h4-6,12-13,17H,3,7-11H2,1-2H3,(H,18,20). The van der Waals surface area contributed by atoms with Gasteiger partial charge in [0.05, 0.1) is 7.11 Å². The monoisotopic (exact) mass is 291 g/mol. The van der Waals surface area contributed by atoms with Crippen molar-refractivity contribution in [1.29, 1.82) is 0 Å². The summed E-state index contributed by atoms with van der Waals surface area (Å²) in [5.41, 5.74) is 1.79.